The van der Waals surface area contributed by atoms with Gasteiger partial charge in [0.2, 0.25) is 0 Å². The van der Waals surface area contributed by atoms with Crippen LogP contribution >= 0.6 is 0 Å². The quantitative estimate of drug-likeness (QED) is 0.646. The van der Waals surface area contributed by atoms with Crippen LogP contribution in [0.5, 0.6) is 5.75 Å². The molecule has 0 aliphatic rings. The zero-order valence-electron chi connectivity index (χ0n) is 14.7. The van der Waals surface area contributed by atoms with Gasteiger partial charge < -0.3 is 4.74 Å². The molecule has 4 nitrogen and oxygen atoms in total. The molecule has 2 rings (SSSR count). The molecule has 0 heterocycles. The third-order valence-corrected chi connectivity index (χ3v) is 3.57. The number of benzene rings is 2. The molecular weight excluding hydrogens is 300 g/mol. The van der Waals surface area contributed by atoms with E-state index in [2.05, 4.69) is 42.6 Å². The lowest BCUT2D eigenvalue weighted by Crippen LogP contribution is -2.24. The molecule has 0 unspecified atom stereocenters. The molecule has 0 spiro atoms. The van der Waals surface area contributed by atoms with Gasteiger partial charge in [-0.25, -0.2) is 5.43 Å². The third-order valence-electron chi connectivity index (χ3n) is 3.57. The standard InChI is InChI=1S/C20H24N2O2/c1-14(2)18-7-5-17(6-8-18)12-21-22-20(23)13-24-19-10-15(3)9-16(4)11-19/h5-12,14H,13H2,1-4H3,(H,22,23)/b21-12-. The van der Waals surface area contributed by atoms with Crippen LogP contribution in [0.4, 0.5) is 0 Å². The predicted molar refractivity (Wildman–Crippen MR) is 97.7 cm³/mol. The van der Waals surface area contributed by atoms with Gasteiger partial charge in [0, 0.05) is 0 Å². The number of carbonyl (C=O) groups excluding carboxylic acids is 1. The minimum atomic E-state index is -0.288. The Bertz CT molecular complexity index is 699. The fourth-order valence-electron chi connectivity index (χ4n) is 2.34. The molecular formula is C20H24N2O2. The van der Waals surface area contributed by atoms with E-state index in [1.807, 2.05) is 38.1 Å². The smallest absolute Gasteiger partial charge is 0.277 e. The van der Waals surface area contributed by atoms with Gasteiger partial charge in [-0.3, -0.25) is 4.79 Å². The van der Waals surface area contributed by atoms with Crippen molar-refractivity contribution >= 4 is 12.1 Å². The summed E-state index contributed by atoms with van der Waals surface area (Å²) in [7, 11) is 0. The van der Waals surface area contributed by atoms with Crippen molar-refractivity contribution in [2.24, 2.45) is 5.10 Å². The number of nitrogens with zero attached hydrogens (tertiary/aromatic N) is 1. The van der Waals surface area contributed by atoms with Gasteiger partial charge in [-0.2, -0.15) is 5.10 Å². The lowest BCUT2D eigenvalue weighted by molar-refractivity contribution is -0.123. The molecule has 0 bridgehead atoms. The summed E-state index contributed by atoms with van der Waals surface area (Å²) in [6.07, 6.45) is 1.62. The van der Waals surface area contributed by atoms with Gasteiger partial charge in [0.25, 0.3) is 5.91 Å². The number of hydrazone groups is 1. The maximum atomic E-state index is 11.8. The maximum absolute atomic E-state index is 11.8. The Morgan fingerprint density at radius 3 is 2.33 bits per heavy atom. The summed E-state index contributed by atoms with van der Waals surface area (Å²) in [6, 6.07) is 14.0. The van der Waals surface area contributed by atoms with Crippen LogP contribution in [-0.2, 0) is 4.79 Å². The van der Waals surface area contributed by atoms with Gasteiger partial charge in [0.05, 0.1) is 6.21 Å². The van der Waals surface area contributed by atoms with E-state index < -0.39 is 0 Å². The van der Waals surface area contributed by atoms with E-state index in [1.165, 1.54) is 5.56 Å². The van der Waals surface area contributed by atoms with Crippen molar-refractivity contribution in [2.45, 2.75) is 33.6 Å². The number of hydrogen-bond acceptors (Lipinski definition) is 3. The second-order valence-electron chi connectivity index (χ2n) is 6.23. The van der Waals surface area contributed by atoms with Gasteiger partial charge in [-0.05, 0) is 54.2 Å². The molecule has 126 valence electrons. The zero-order chi connectivity index (χ0) is 17.5. The Kier molecular flexibility index (Phi) is 6.13. The van der Waals surface area contributed by atoms with Crippen LogP contribution in [0.3, 0.4) is 0 Å². The Labute approximate surface area is 143 Å². The van der Waals surface area contributed by atoms with Crippen LogP contribution in [0.25, 0.3) is 0 Å². The predicted octanol–water partition coefficient (Wildman–Crippen LogP) is 3.96. The minimum absolute atomic E-state index is 0.0630. The van der Waals surface area contributed by atoms with E-state index in [1.54, 1.807) is 6.21 Å². The highest BCUT2D eigenvalue weighted by Crippen LogP contribution is 2.16. The van der Waals surface area contributed by atoms with Crippen molar-refractivity contribution in [3.63, 3.8) is 0 Å². The summed E-state index contributed by atoms with van der Waals surface area (Å²) in [4.78, 5) is 11.8. The first-order valence-electron chi connectivity index (χ1n) is 8.07. The molecule has 2 aromatic rings. The minimum Gasteiger partial charge on any atom is -0.484 e. The first-order chi connectivity index (χ1) is 11.4. The summed E-state index contributed by atoms with van der Waals surface area (Å²) in [5, 5.41) is 3.96. The number of aryl methyl sites for hydroxylation is 2. The molecule has 0 aliphatic heterocycles. The molecule has 2 aromatic carbocycles. The Morgan fingerprint density at radius 2 is 1.75 bits per heavy atom. The summed E-state index contributed by atoms with van der Waals surface area (Å²) in [6.45, 7) is 8.23. The second kappa shape index (κ2) is 8.29. The third kappa shape index (κ3) is 5.54. The number of amides is 1. The van der Waals surface area contributed by atoms with Gasteiger partial charge in [0.15, 0.2) is 6.61 Å². The van der Waals surface area contributed by atoms with E-state index in [-0.39, 0.29) is 12.5 Å². The highest BCUT2D eigenvalue weighted by Gasteiger charge is 2.03. The molecule has 0 aromatic heterocycles. The van der Waals surface area contributed by atoms with Gasteiger partial charge >= 0.3 is 0 Å². The summed E-state index contributed by atoms with van der Waals surface area (Å²) < 4.78 is 5.49. The lowest BCUT2D eigenvalue weighted by atomic mass is 10.0. The zero-order valence-corrected chi connectivity index (χ0v) is 14.7. The molecule has 0 saturated heterocycles. The molecule has 1 N–H and O–H groups in total. The van der Waals surface area contributed by atoms with Crippen LogP contribution in [0, 0.1) is 13.8 Å². The number of ether oxygens (including phenoxy) is 1. The number of carbonyl (C=O) groups is 1. The Hall–Kier alpha value is -2.62. The molecule has 0 saturated carbocycles. The fourth-order valence-corrected chi connectivity index (χ4v) is 2.34. The number of rotatable bonds is 6. The molecule has 0 fully saturated rings. The number of nitrogens with one attached hydrogen (secondary N) is 1. The van der Waals surface area contributed by atoms with Crippen molar-refractivity contribution < 1.29 is 9.53 Å². The highest BCUT2D eigenvalue weighted by molar-refractivity contribution is 5.82. The van der Waals surface area contributed by atoms with Crippen molar-refractivity contribution in [2.75, 3.05) is 6.61 Å². The number of hydrogen-bond donors (Lipinski definition) is 1. The topological polar surface area (TPSA) is 50.7 Å². The van der Waals surface area contributed by atoms with Crippen LogP contribution in [0.1, 0.15) is 42.0 Å². The second-order valence-corrected chi connectivity index (χ2v) is 6.23. The van der Waals surface area contributed by atoms with E-state index in [0.29, 0.717) is 11.7 Å². The van der Waals surface area contributed by atoms with Gasteiger partial charge in [0.1, 0.15) is 5.75 Å². The Morgan fingerprint density at radius 1 is 1.12 bits per heavy atom. The van der Waals surface area contributed by atoms with Crippen molar-refractivity contribution in [3.05, 3.63) is 64.7 Å². The first kappa shape index (κ1) is 17.7. The van der Waals surface area contributed by atoms with E-state index in [9.17, 15) is 4.79 Å². The van der Waals surface area contributed by atoms with Crippen molar-refractivity contribution in [3.8, 4) is 5.75 Å². The van der Waals surface area contributed by atoms with E-state index in [0.717, 1.165) is 16.7 Å². The first-order valence-corrected chi connectivity index (χ1v) is 8.07. The summed E-state index contributed by atoms with van der Waals surface area (Å²) in [5.41, 5.74) is 6.90. The molecule has 1 amide bonds. The normalized spacial score (nSPS) is 11.0. The van der Waals surface area contributed by atoms with Crippen molar-refractivity contribution in [1.82, 2.24) is 5.43 Å². The fraction of sp³-hybridized carbons (Fsp3) is 0.300. The summed E-state index contributed by atoms with van der Waals surface area (Å²) >= 11 is 0. The van der Waals surface area contributed by atoms with Crippen LogP contribution in [0.15, 0.2) is 47.6 Å². The van der Waals surface area contributed by atoms with Crippen LogP contribution in [0.2, 0.25) is 0 Å². The van der Waals surface area contributed by atoms with Gasteiger partial charge in [-0.1, -0.05) is 44.2 Å². The monoisotopic (exact) mass is 324 g/mol. The SMILES string of the molecule is Cc1cc(C)cc(OCC(=O)N/N=C\c2ccc(C(C)C)cc2)c1. The molecule has 4 heteroatoms. The average Bonchev–Trinajstić information content (AvgIpc) is 2.52. The van der Waals surface area contributed by atoms with Crippen molar-refractivity contribution in [1.29, 1.82) is 0 Å². The maximum Gasteiger partial charge on any atom is 0.277 e. The molecule has 0 aliphatic carbocycles. The largest absolute Gasteiger partial charge is 0.484 e. The van der Waals surface area contributed by atoms with Crippen LogP contribution < -0.4 is 10.2 Å². The lowest BCUT2D eigenvalue weighted by Gasteiger charge is -2.07. The van der Waals surface area contributed by atoms with E-state index in [4.69, 9.17) is 4.74 Å². The van der Waals surface area contributed by atoms with E-state index >= 15 is 0 Å². The van der Waals surface area contributed by atoms with Crippen LogP contribution in [-0.4, -0.2) is 18.7 Å². The molecule has 24 heavy (non-hydrogen) atoms. The highest BCUT2D eigenvalue weighted by atomic mass is 16.5. The molecule has 0 radical (unpaired) electrons. The Balaban J connectivity index is 1.82. The van der Waals surface area contributed by atoms with Gasteiger partial charge in [-0.15, -0.1) is 0 Å². The molecule has 0 atom stereocenters. The average molecular weight is 324 g/mol. The summed E-state index contributed by atoms with van der Waals surface area (Å²) in [5.74, 6) is 0.901.